The zero-order valence-electron chi connectivity index (χ0n) is 80.7. The van der Waals surface area contributed by atoms with Crippen molar-refractivity contribution in [1.29, 1.82) is 0 Å². The van der Waals surface area contributed by atoms with Gasteiger partial charge in [0.05, 0.1) is 57.9 Å². The number of primary amides is 3. The largest absolute Gasteiger partial charge is 0.481 e. The van der Waals surface area contributed by atoms with Gasteiger partial charge in [-0.25, -0.2) is 4.98 Å². The minimum atomic E-state index is -2.14. The first-order chi connectivity index (χ1) is 69.7. The van der Waals surface area contributed by atoms with E-state index in [4.69, 9.17) is 17.2 Å². The highest BCUT2D eigenvalue weighted by Gasteiger charge is 2.43. The van der Waals surface area contributed by atoms with Gasteiger partial charge >= 0.3 is 23.9 Å². The van der Waals surface area contributed by atoms with E-state index in [1.54, 1.807) is 112 Å². The normalized spacial score (nSPS) is 20.8. The van der Waals surface area contributed by atoms with Crippen LogP contribution in [0.15, 0.2) is 104 Å². The summed E-state index contributed by atoms with van der Waals surface area (Å²) in [5.41, 5.74) is 20.7. The Morgan fingerprint density at radius 1 is 0.473 bits per heavy atom. The Labute approximate surface area is 844 Å². The zero-order chi connectivity index (χ0) is 106. The highest BCUT2D eigenvalue weighted by Crippen LogP contribution is 2.28. The monoisotopic (exact) mass is 2070 g/mol. The Bertz CT molecular complexity index is 5790. The van der Waals surface area contributed by atoms with E-state index in [0.717, 1.165) is 6.92 Å². The lowest BCUT2D eigenvalue weighted by Gasteiger charge is -2.32. The molecule has 14 atom stereocenters. The molecule has 50 nitrogen and oxygen atoms in total. The summed E-state index contributed by atoms with van der Waals surface area (Å²) in [6.07, 6.45) is 2.09. The van der Waals surface area contributed by atoms with Gasteiger partial charge in [0.25, 0.3) is 0 Å². The molecule has 7 aromatic rings. The summed E-state index contributed by atoms with van der Waals surface area (Å²) in [6, 6.07) is -0.961. The number of carbonyl (C=O) groups excluding carboxylic acids is 16. The maximum absolute atomic E-state index is 15.5. The van der Waals surface area contributed by atoms with Crippen molar-refractivity contribution in [3.63, 3.8) is 0 Å². The van der Waals surface area contributed by atoms with Gasteiger partial charge < -0.3 is 131 Å². The molecule has 790 valence electrons. The number of benzene rings is 3. The quantitative estimate of drug-likeness (QED) is 0.0126. The number of nitrogens with one attached hydrogen (secondary N) is 16. The molecule has 0 saturated carbocycles. The van der Waals surface area contributed by atoms with E-state index in [-0.39, 0.29) is 136 Å². The molecule has 7 heterocycles. The van der Waals surface area contributed by atoms with Crippen LogP contribution in [0.3, 0.4) is 0 Å². The second kappa shape index (κ2) is 55.5. The second-order valence-electron chi connectivity index (χ2n) is 36.2. The van der Waals surface area contributed by atoms with E-state index in [0.29, 0.717) is 90.2 Å². The van der Waals surface area contributed by atoms with Crippen molar-refractivity contribution in [2.24, 2.45) is 23.1 Å². The second-order valence-corrected chi connectivity index (χ2v) is 38.8. The number of fused-ring (bicyclic) bond motifs is 3. The topological polar surface area (TPSA) is 757 Å². The van der Waals surface area contributed by atoms with Gasteiger partial charge in [-0.2, -0.15) is 0 Å². The van der Waals surface area contributed by atoms with Crippen LogP contribution in [-0.2, 0) is 122 Å². The highest BCUT2D eigenvalue weighted by molar-refractivity contribution is 8.76. The van der Waals surface area contributed by atoms with E-state index < -0.39 is 247 Å². The van der Waals surface area contributed by atoms with E-state index in [1.165, 1.54) is 30.5 Å². The number of imidazole rings is 1. The third-order valence-corrected chi connectivity index (χ3v) is 27.6. The number of carboxylic acids is 4. The number of hydrogen-bond acceptors (Lipinski definition) is 28. The molecule has 27 N–H and O–H groups in total. The number of para-hydroxylation sites is 3. The number of amides is 16. The molecule has 16 amide bonds. The number of H-pyrrole nitrogens is 4. The van der Waals surface area contributed by atoms with Crippen molar-refractivity contribution >= 4 is 173 Å². The number of rotatable bonds is 42. The predicted octanol–water partition coefficient (Wildman–Crippen LogP) is -4.87. The number of aliphatic carboxylic acids is 4. The number of unbranched alkanes of at least 4 members (excludes halogenated alkanes) is 2. The van der Waals surface area contributed by atoms with E-state index in [1.807, 2.05) is 0 Å². The molecule has 3 aliphatic heterocycles. The summed E-state index contributed by atoms with van der Waals surface area (Å²) in [5.74, 6) is -24.7. The number of hydrogen-bond donors (Lipinski definition) is 24. The molecule has 0 aliphatic carbocycles. The van der Waals surface area contributed by atoms with Crippen molar-refractivity contribution in [2.75, 3.05) is 103 Å². The highest BCUT2D eigenvalue weighted by atomic mass is 33.1. The standard InChI is InChI=1S/C94H127N25O25S2/c1-4-51(2)81(113-93(143)82(52(3)120)114-89(139)63(33-53-40-100-60-18-10-7-15-57(53)60)104-75(123)22-6-5-13-23-99-76(124)44-115-25-27-116(45-78(127)128)29-31-118(47-80(131)132)32-30-117(28-26-115)46-79(129)130)92(142)112-71-49-146-145-48-70(91(141)110-69(94(144)119-24-14-21-72(119)83(97)133)35-55-42-102-62-20-12-9-17-59(55)62)111-88(138)68(39-77(125)126)109-85(135)65(36-56-43-98-50-103-56)106-84(134)64(34-54-41-101-61-19-11-8-16-58(54)61)105-86(136)66(37-73(95)121)107-87(137)67(38-74(96)122)108-90(71)140/h7-12,15-20,40-43,50-52,63-72,81-82,100-102,120H,4-6,13-14,21-39,44-49H2,1-3H3,(H2,95,121)(H2,96,122)(H2,97,133)(H,98,103)(H,99,124)(H,104,123)(H,105,136)(H,106,134)(H,107,137)(H,108,140)(H,109,135)(H,110,141)(H,111,138)(H,112,142)(H,113,143)(H,114,139)(H,125,126)(H,127,128)(H,129,130)(H,131,132)/t51-,52+,63-,64-,65-,66-,67-,68-,69-,70-,71-,72+,81-,82-/m0/s1. The van der Waals surface area contributed by atoms with Crippen molar-refractivity contribution in [3.8, 4) is 0 Å². The number of carboxylic acid groups (broad SMARTS) is 4. The third kappa shape index (κ3) is 34.6. The Kier molecular flexibility index (Phi) is 43.1. The minimum absolute atomic E-state index is 0.0200. The summed E-state index contributed by atoms with van der Waals surface area (Å²) < 4.78 is 0. The number of aromatic nitrogens is 5. The lowest BCUT2D eigenvalue weighted by atomic mass is 9.97. The van der Waals surface area contributed by atoms with Crippen LogP contribution in [0.4, 0.5) is 0 Å². The Hall–Kier alpha value is -14.6. The zero-order valence-corrected chi connectivity index (χ0v) is 82.4. The first kappa shape index (κ1) is 113. The van der Waals surface area contributed by atoms with Gasteiger partial charge in [0, 0.05) is 172 Å². The third-order valence-electron chi connectivity index (χ3n) is 25.2. The molecule has 3 aliphatic rings. The van der Waals surface area contributed by atoms with E-state index >= 15 is 38.4 Å². The van der Waals surface area contributed by atoms with Crippen molar-refractivity contribution in [1.82, 2.24) is 113 Å². The minimum Gasteiger partial charge on any atom is -0.481 e. The Morgan fingerprint density at radius 2 is 0.932 bits per heavy atom. The van der Waals surface area contributed by atoms with Gasteiger partial charge in [0.2, 0.25) is 94.5 Å². The number of aromatic amines is 4. The molecule has 0 spiro atoms. The molecular weight excluding hydrogens is 1940 g/mol. The average molecular weight is 2070 g/mol. The molecule has 52 heteroatoms. The SMILES string of the molecule is CC[C@H](C)[C@H](NC(=O)[C@@H](NC(=O)[C@H](Cc1c[nH]c2ccccc12)NC(=O)CCCCCNC(=O)CN1CCN(CC(=O)O)CCN(CC(=O)O)CCN(CC(=O)O)CC1)[C@@H](C)O)C(=O)N[C@H]1CSSC[C@@H](C(=O)N[C@@H](Cc2c[nH]c3ccccc23)C(=O)N2CCC[C@@H]2C(N)=O)NC(=O)[C@H](CC(=O)O)NC(=O)[C@H](Cc2cnc[nH]2)NC(=O)[C@H](Cc2c[nH]c3ccccc23)NC(=O)[C@H](CC(N)=O)NC(=O)[C@H](CC(N)=O)NC1=O. The Morgan fingerprint density at radius 3 is 1.42 bits per heavy atom. The summed E-state index contributed by atoms with van der Waals surface area (Å²) in [5, 5.41) is 83.4. The number of likely N-dealkylation sites (tertiary alicyclic amines) is 1. The molecule has 4 aromatic heterocycles. The average Bonchev–Trinajstić information content (AvgIpc) is 1.73. The first-order valence-corrected chi connectivity index (χ1v) is 50.2. The predicted molar refractivity (Wildman–Crippen MR) is 530 cm³/mol. The fraction of sp³-hybridized carbons (Fsp3) is 0.500. The fourth-order valence-electron chi connectivity index (χ4n) is 17.2. The van der Waals surface area contributed by atoms with Gasteiger partial charge in [-0.05, 0) is 73.4 Å². The number of nitrogens with zero attached hydrogens (tertiary/aromatic N) is 6. The van der Waals surface area contributed by atoms with Gasteiger partial charge in [0.1, 0.15) is 72.5 Å². The molecule has 3 fully saturated rings. The molecule has 10 rings (SSSR count). The number of nitrogens with two attached hydrogens (primary N) is 3. The molecule has 0 radical (unpaired) electrons. The summed E-state index contributed by atoms with van der Waals surface area (Å²) in [6.45, 7) is 4.69. The lowest BCUT2D eigenvalue weighted by molar-refractivity contribution is -0.142. The Balaban J connectivity index is 0.915. The van der Waals surface area contributed by atoms with E-state index in [2.05, 4.69) is 88.7 Å². The van der Waals surface area contributed by atoms with Crippen LogP contribution in [-0.4, -0.2) is 375 Å². The molecule has 3 aromatic carbocycles. The van der Waals surface area contributed by atoms with Crippen LogP contribution < -0.4 is 81.0 Å². The van der Waals surface area contributed by atoms with Gasteiger partial charge in [0.15, 0.2) is 0 Å². The molecule has 3 saturated heterocycles. The van der Waals surface area contributed by atoms with Crippen molar-refractivity contribution in [3.05, 3.63) is 126 Å². The molecule has 0 bridgehead atoms. The van der Waals surface area contributed by atoms with Gasteiger partial charge in [-0.3, -0.25) is 115 Å². The van der Waals surface area contributed by atoms with Crippen LogP contribution in [0.5, 0.6) is 0 Å². The lowest BCUT2D eigenvalue weighted by Crippen LogP contribution is -2.63. The molecule has 0 unspecified atom stereocenters. The van der Waals surface area contributed by atoms with Gasteiger partial charge in [-0.1, -0.05) is 103 Å². The maximum atomic E-state index is 15.5. The fourth-order valence-corrected chi connectivity index (χ4v) is 19.6. The molecule has 146 heavy (non-hydrogen) atoms. The molecular formula is C94H127N25O25S2. The van der Waals surface area contributed by atoms with E-state index in [9.17, 15) is 83.1 Å². The number of carbonyl (C=O) groups is 20. The van der Waals surface area contributed by atoms with Crippen LogP contribution in [0.25, 0.3) is 32.7 Å². The van der Waals surface area contributed by atoms with Crippen LogP contribution in [0.2, 0.25) is 0 Å². The maximum Gasteiger partial charge on any atom is 0.317 e. The number of aliphatic hydroxyl groups excluding tert-OH is 1. The van der Waals surface area contributed by atoms with Crippen LogP contribution in [0.1, 0.15) is 107 Å². The van der Waals surface area contributed by atoms with Crippen molar-refractivity contribution < 1.29 is 121 Å². The number of aliphatic hydroxyl groups is 1. The summed E-state index contributed by atoms with van der Waals surface area (Å²) in [4.78, 5) is 306. The van der Waals surface area contributed by atoms with Crippen molar-refractivity contribution in [2.45, 2.75) is 189 Å². The summed E-state index contributed by atoms with van der Waals surface area (Å²) in [7, 11) is 1.37. The van der Waals surface area contributed by atoms with Crippen LogP contribution >= 0.6 is 21.6 Å². The smallest absolute Gasteiger partial charge is 0.317 e. The first-order valence-electron chi connectivity index (χ1n) is 47.8. The van der Waals surface area contributed by atoms with Crippen LogP contribution in [0, 0.1) is 5.92 Å². The van der Waals surface area contributed by atoms with Gasteiger partial charge in [-0.15, -0.1) is 0 Å². The summed E-state index contributed by atoms with van der Waals surface area (Å²) >= 11 is 0.